The third-order valence-corrected chi connectivity index (χ3v) is 4.11. The zero-order chi connectivity index (χ0) is 14.3. The molecule has 0 aliphatic heterocycles. The Hall–Kier alpha value is -1.75. The third kappa shape index (κ3) is 2.33. The lowest BCUT2D eigenvalue weighted by Gasteiger charge is -2.38. The van der Waals surface area contributed by atoms with Gasteiger partial charge < -0.3 is 4.90 Å². The summed E-state index contributed by atoms with van der Waals surface area (Å²) in [5.41, 5.74) is 0.858. The maximum atomic E-state index is 12.9. The molecule has 0 saturated heterocycles. The molecular formula is C15H19FN4. The lowest BCUT2D eigenvalue weighted by Crippen LogP contribution is -2.39. The van der Waals surface area contributed by atoms with Gasteiger partial charge in [-0.25, -0.2) is 9.37 Å². The number of hydrogen-bond acceptors (Lipinski definition) is 3. The number of aryl methyl sites for hydroxylation is 1. The number of benzene rings is 1. The Balaban J connectivity index is 1.80. The smallest absolute Gasteiger partial charge is 0.181 e. The van der Waals surface area contributed by atoms with E-state index in [2.05, 4.69) is 29.1 Å². The Labute approximate surface area is 118 Å². The highest BCUT2D eigenvalue weighted by molar-refractivity contribution is 5.54. The Morgan fingerprint density at radius 2 is 1.85 bits per heavy atom. The molecule has 0 spiro atoms. The first-order chi connectivity index (χ1) is 9.54. The van der Waals surface area contributed by atoms with Gasteiger partial charge in [0.25, 0.3) is 0 Å². The van der Waals surface area contributed by atoms with Crippen molar-refractivity contribution in [3.05, 3.63) is 35.9 Å². The van der Waals surface area contributed by atoms with E-state index in [1.165, 1.54) is 12.1 Å². The summed E-state index contributed by atoms with van der Waals surface area (Å²) < 4.78 is 14.8. The summed E-state index contributed by atoms with van der Waals surface area (Å²) in [5, 5.41) is 4.45. The number of hydrogen-bond donors (Lipinski definition) is 0. The maximum Gasteiger partial charge on any atom is 0.181 e. The van der Waals surface area contributed by atoms with Crippen LogP contribution in [0.3, 0.4) is 0 Å². The van der Waals surface area contributed by atoms with Crippen molar-refractivity contribution in [2.24, 2.45) is 7.05 Å². The van der Waals surface area contributed by atoms with Gasteiger partial charge in [0.2, 0.25) is 0 Å². The van der Waals surface area contributed by atoms with Gasteiger partial charge in [0, 0.05) is 24.6 Å². The topological polar surface area (TPSA) is 34.0 Å². The Bertz CT molecular complexity index is 597. The van der Waals surface area contributed by atoms with Crippen LogP contribution >= 0.6 is 0 Å². The van der Waals surface area contributed by atoms with Gasteiger partial charge in [-0.3, -0.25) is 4.68 Å². The minimum absolute atomic E-state index is 0.238. The molecule has 5 heteroatoms. The van der Waals surface area contributed by atoms with Crippen molar-refractivity contribution in [1.82, 2.24) is 19.7 Å². The summed E-state index contributed by atoms with van der Waals surface area (Å²) in [6.07, 6.45) is 2.25. The van der Waals surface area contributed by atoms with E-state index in [1.807, 2.05) is 11.7 Å². The van der Waals surface area contributed by atoms with Gasteiger partial charge in [0.05, 0.1) is 0 Å². The molecule has 20 heavy (non-hydrogen) atoms. The normalized spacial score (nSPS) is 22.1. The van der Waals surface area contributed by atoms with E-state index in [0.717, 1.165) is 24.2 Å². The molecule has 0 unspecified atom stereocenters. The second-order valence-electron chi connectivity index (χ2n) is 5.71. The molecule has 1 aliphatic rings. The fourth-order valence-corrected chi connectivity index (χ4v) is 2.69. The standard InChI is InChI=1S/C15H19FN4/c1-19(2)13-8-11(9-13)15-17-14(18-20(15)3)10-4-6-12(16)7-5-10/h4-7,11,13H,8-9H2,1-3H3. The molecule has 2 aromatic rings. The summed E-state index contributed by atoms with van der Waals surface area (Å²) in [7, 11) is 6.15. The fourth-order valence-electron chi connectivity index (χ4n) is 2.69. The predicted octanol–water partition coefficient (Wildman–Crippen LogP) is 2.43. The predicted molar refractivity (Wildman–Crippen MR) is 75.8 cm³/mol. The van der Waals surface area contributed by atoms with Crippen LogP contribution in [0.15, 0.2) is 24.3 Å². The molecule has 1 fully saturated rings. The number of nitrogens with zero attached hydrogens (tertiary/aromatic N) is 4. The maximum absolute atomic E-state index is 12.9. The highest BCUT2D eigenvalue weighted by atomic mass is 19.1. The molecule has 0 N–H and O–H groups in total. The van der Waals surface area contributed by atoms with Crippen molar-refractivity contribution in [3.8, 4) is 11.4 Å². The summed E-state index contributed by atoms with van der Waals surface area (Å²) >= 11 is 0. The van der Waals surface area contributed by atoms with Gasteiger partial charge in [0.15, 0.2) is 5.82 Å². The van der Waals surface area contributed by atoms with Crippen LogP contribution in [-0.2, 0) is 7.05 Å². The number of halogens is 1. The van der Waals surface area contributed by atoms with Crippen molar-refractivity contribution < 1.29 is 4.39 Å². The molecule has 1 saturated carbocycles. The van der Waals surface area contributed by atoms with Crippen molar-refractivity contribution in [1.29, 1.82) is 0 Å². The second-order valence-corrected chi connectivity index (χ2v) is 5.71. The van der Waals surface area contributed by atoms with E-state index in [0.29, 0.717) is 17.8 Å². The monoisotopic (exact) mass is 274 g/mol. The van der Waals surface area contributed by atoms with Crippen LogP contribution in [0.4, 0.5) is 4.39 Å². The van der Waals surface area contributed by atoms with E-state index >= 15 is 0 Å². The van der Waals surface area contributed by atoms with Crippen LogP contribution < -0.4 is 0 Å². The van der Waals surface area contributed by atoms with Crippen LogP contribution in [0.25, 0.3) is 11.4 Å². The number of aromatic nitrogens is 3. The van der Waals surface area contributed by atoms with Gasteiger partial charge >= 0.3 is 0 Å². The average molecular weight is 274 g/mol. The Morgan fingerprint density at radius 3 is 2.45 bits per heavy atom. The largest absolute Gasteiger partial charge is 0.306 e. The van der Waals surface area contributed by atoms with Gasteiger partial charge in [-0.2, -0.15) is 5.10 Å². The summed E-state index contributed by atoms with van der Waals surface area (Å²) in [6.45, 7) is 0. The second kappa shape index (κ2) is 4.98. The molecule has 4 nitrogen and oxygen atoms in total. The molecule has 0 amide bonds. The van der Waals surface area contributed by atoms with Crippen molar-refractivity contribution in [2.45, 2.75) is 24.8 Å². The minimum Gasteiger partial charge on any atom is -0.306 e. The zero-order valence-electron chi connectivity index (χ0n) is 12.0. The van der Waals surface area contributed by atoms with E-state index in [1.54, 1.807) is 12.1 Å². The van der Waals surface area contributed by atoms with E-state index in [4.69, 9.17) is 0 Å². The zero-order valence-corrected chi connectivity index (χ0v) is 12.0. The van der Waals surface area contributed by atoms with Crippen LogP contribution in [-0.4, -0.2) is 39.8 Å². The van der Waals surface area contributed by atoms with E-state index < -0.39 is 0 Å². The summed E-state index contributed by atoms with van der Waals surface area (Å²) in [5.74, 6) is 1.95. The highest BCUT2D eigenvalue weighted by Gasteiger charge is 2.34. The molecule has 0 bridgehead atoms. The first-order valence-electron chi connectivity index (χ1n) is 6.88. The van der Waals surface area contributed by atoms with Crippen LogP contribution in [0.5, 0.6) is 0 Å². The van der Waals surface area contributed by atoms with E-state index in [9.17, 15) is 4.39 Å². The molecule has 106 valence electrons. The first-order valence-corrected chi connectivity index (χ1v) is 6.88. The Morgan fingerprint density at radius 1 is 1.20 bits per heavy atom. The van der Waals surface area contributed by atoms with Crippen molar-refractivity contribution >= 4 is 0 Å². The average Bonchev–Trinajstić information content (AvgIpc) is 2.70. The third-order valence-electron chi connectivity index (χ3n) is 4.11. The van der Waals surface area contributed by atoms with Gasteiger partial charge in [-0.1, -0.05) is 0 Å². The van der Waals surface area contributed by atoms with E-state index in [-0.39, 0.29) is 5.82 Å². The molecule has 0 radical (unpaired) electrons. The van der Waals surface area contributed by atoms with Gasteiger partial charge in [-0.15, -0.1) is 0 Å². The van der Waals surface area contributed by atoms with Crippen LogP contribution in [0.2, 0.25) is 0 Å². The SMILES string of the molecule is CN(C)C1CC(c2nc(-c3ccc(F)cc3)nn2C)C1. The summed E-state index contributed by atoms with van der Waals surface area (Å²) in [6, 6.07) is 6.97. The summed E-state index contributed by atoms with van der Waals surface area (Å²) in [4.78, 5) is 6.89. The molecule has 3 rings (SSSR count). The first kappa shape index (κ1) is 13.2. The van der Waals surface area contributed by atoms with Crippen molar-refractivity contribution in [3.63, 3.8) is 0 Å². The highest BCUT2D eigenvalue weighted by Crippen LogP contribution is 2.38. The molecule has 0 atom stereocenters. The molecule has 1 heterocycles. The minimum atomic E-state index is -0.238. The van der Waals surface area contributed by atoms with Crippen LogP contribution in [0, 0.1) is 5.82 Å². The Kier molecular flexibility index (Phi) is 3.30. The lowest BCUT2D eigenvalue weighted by atomic mass is 9.79. The van der Waals surface area contributed by atoms with Crippen molar-refractivity contribution in [2.75, 3.05) is 14.1 Å². The molecule has 1 aromatic heterocycles. The molecule has 1 aromatic carbocycles. The van der Waals surface area contributed by atoms with Crippen LogP contribution in [0.1, 0.15) is 24.6 Å². The number of rotatable bonds is 3. The fraction of sp³-hybridized carbons (Fsp3) is 0.467. The van der Waals surface area contributed by atoms with Gasteiger partial charge in [-0.05, 0) is 51.2 Å². The van der Waals surface area contributed by atoms with Gasteiger partial charge in [0.1, 0.15) is 11.6 Å². The lowest BCUT2D eigenvalue weighted by molar-refractivity contribution is 0.159. The quantitative estimate of drug-likeness (QED) is 0.862. The molecular weight excluding hydrogens is 255 g/mol. The molecule has 1 aliphatic carbocycles.